The third-order valence-corrected chi connectivity index (χ3v) is 6.99. The maximum atomic E-state index is 13.1. The highest BCUT2D eigenvalue weighted by atomic mass is 32.2. The molecule has 5 rings (SSSR count). The first-order chi connectivity index (χ1) is 14.2. The quantitative estimate of drug-likeness (QED) is 0.328. The van der Waals surface area contributed by atoms with E-state index in [9.17, 15) is 4.79 Å². The highest BCUT2D eigenvalue weighted by Crippen LogP contribution is 2.35. The first-order valence-corrected chi connectivity index (χ1v) is 11.1. The van der Waals surface area contributed by atoms with E-state index in [0.29, 0.717) is 17.0 Å². The van der Waals surface area contributed by atoms with Crippen LogP contribution < -0.4 is 15.0 Å². The summed E-state index contributed by atoms with van der Waals surface area (Å²) < 4.78 is 13.3. The summed E-state index contributed by atoms with van der Waals surface area (Å²) in [5, 5.41) is 0.736. The third kappa shape index (κ3) is 3.41. The molecule has 0 radical (unpaired) electrons. The maximum absolute atomic E-state index is 13.1. The Kier molecular flexibility index (Phi) is 4.77. The third-order valence-electron chi connectivity index (χ3n) is 4.78. The van der Waals surface area contributed by atoms with Crippen LogP contribution in [0.3, 0.4) is 0 Å². The van der Waals surface area contributed by atoms with Gasteiger partial charge >= 0.3 is 0 Å². The van der Waals surface area contributed by atoms with Gasteiger partial charge in [-0.1, -0.05) is 48.2 Å². The van der Waals surface area contributed by atoms with Crippen LogP contribution in [0.25, 0.3) is 20.7 Å². The molecule has 0 bridgehead atoms. The fourth-order valence-electron chi connectivity index (χ4n) is 3.30. The lowest BCUT2D eigenvalue weighted by Crippen LogP contribution is -2.21. The highest BCUT2D eigenvalue weighted by molar-refractivity contribution is 7.98. The lowest BCUT2D eigenvalue weighted by Gasteiger charge is -2.10. The van der Waals surface area contributed by atoms with Crippen molar-refractivity contribution in [3.8, 4) is 21.9 Å². The number of thioether (sulfide) groups is 1. The van der Waals surface area contributed by atoms with E-state index in [1.807, 2.05) is 49.4 Å². The van der Waals surface area contributed by atoms with E-state index in [0.717, 1.165) is 38.2 Å². The van der Waals surface area contributed by atoms with Gasteiger partial charge in [-0.2, -0.15) is 0 Å². The van der Waals surface area contributed by atoms with Gasteiger partial charge in [-0.05, 0) is 36.2 Å². The predicted octanol–water partition coefficient (Wildman–Crippen LogP) is 5.17. The first kappa shape index (κ1) is 18.3. The fraction of sp³-hybridized carbons (Fsp3) is 0.182. The second-order valence-electron chi connectivity index (χ2n) is 6.61. The van der Waals surface area contributed by atoms with Crippen LogP contribution in [0, 0.1) is 0 Å². The largest absolute Gasteiger partial charge is 0.454 e. The average Bonchev–Trinajstić information content (AvgIpc) is 3.39. The number of rotatable bonds is 5. The molecule has 0 atom stereocenters. The molecule has 0 aliphatic carbocycles. The molecule has 1 aliphatic heterocycles. The molecule has 2 aromatic heterocycles. The molecule has 0 spiro atoms. The van der Waals surface area contributed by atoms with Crippen molar-refractivity contribution < 1.29 is 9.47 Å². The molecule has 5 nitrogen and oxygen atoms in total. The van der Waals surface area contributed by atoms with Crippen LogP contribution in [0.1, 0.15) is 12.5 Å². The molecule has 2 aromatic carbocycles. The second kappa shape index (κ2) is 7.57. The van der Waals surface area contributed by atoms with Crippen molar-refractivity contribution in [1.82, 2.24) is 9.55 Å². The topological polar surface area (TPSA) is 53.4 Å². The van der Waals surface area contributed by atoms with Gasteiger partial charge in [0.05, 0.1) is 5.52 Å². The fourth-order valence-corrected chi connectivity index (χ4v) is 5.36. The number of ether oxygens (including phenoxy) is 2. The van der Waals surface area contributed by atoms with Gasteiger partial charge in [-0.3, -0.25) is 9.36 Å². The Balaban J connectivity index is 1.49. The van der Waals surface area contributed by atoms with Crippen molar-refractivity contribution in [2.75, 3.05) is 6.79 Å². The zero-order valence-corrected chi connectivity index (χ0v) is 17.4. The van der Waals surface area contributed by atoms with Crippen molar-refractivity contribution >= 4 is 33.3 Å². The van der Waals surface area contributed by atoms with Crippen molar-refractivity contribution in [2.24, 2.45) is 0 Å². The molecule has 3 heterocycles. The maximum Gasteiger partial charge on any atom is 0.272 e. The van der Waals surface area contributed by atoms with E-state index < -0.39 is 0 Å². The Morgan fingerprint density at radius 3 is 2.76 bits per heavy atom. The van der Waals surface area contributed by atoms with Crippen molar-refractivity contribution in [3.63, 3.8) is 0 Å². The Bertz CT molecular complexity index is 1250. The summed E-state index contributed by atoms with van der Waals surface area (Å²) >= 11 is 3.07. The standard InChI is InChI=1S/C22H18N2O3S2/c1-2-24-21(25)20-16(11-19(29-20)15-6-4-3-5-7-15)23-22(24)28-12-14-8-9-17-18(10-14)27-13-26-17/h3-11H,2,12-13H2,1H3. The molecule has 0 fully saturated rings. The van der Waals surface area contributed by atoms with Gasteiger partial charge in [0.15, 0.2) is 16.7 Å². The number of nitrogens with zero attached hydrogens (tertiary/aromatic N) is 2. The minimum Gasteiger partial charge on any atom is -0.454 e. The number of fused-ring (bicyclic) bond motifs is 2. The van der Waals surface area contributed by atoms with E-state index >= 15 is 0 Å². The minimum atomic E-state index is 0.0258. The minimum absolute atomic E-state index is 0.0258. The number of aromatic nitrogens is 2. The van der Waals surface area contributed by atoms with E-state index in [-0.39, 0.29) is 12.4 Å². The van der Waals surface area contributed by atoms with Crippen LogP contribution in [0.4, 0.5) is 0 Å². The Labute approximate surface area is 175 Å². The van der Waals surface area contributed by atoms with E-state index in [4.69, 9.17) is 14.5 Å². The number of hydrogen-bond donors (Lipinski definition) is 0. The summed E-state index contributed by atoms with van der Waals surface area (Å²) in [6.45, 7) is 2.83. The molecule has 7 heteroatoms. The van der Waals surface area contributed by atoms with Gasteiger partial charge in [0, 0.05) is 17.2 Å². The molecular formula is C22H18N2O3S2. The van der Waals surface area contributed by atoms with Gasteiger partial charge in [-0.15, -0.1) is 11.3 Å². The molecule has 29 heavy (non-hydrogen) atoms. The summed E-state index contributed by atoms with van der Waals surface area (Å²) in [4.78, 5) is 19.0. The van der Waals surface area contributed by atoms with Gasteiger partial charge in [0.25, 0.3) is 5.56 Å². The Morgan fingerprint density at radius 2 is 1.93 bits per heavy atom. The zero-order valence-electron chi connectivity index (χ0n) is 15.8. The van der Waals surface area contributed by atoms with E-state index in [1.54, 1.807) is 16.3 Å². The molecule has 0 saturated heterocycles. The number of benzene rings is 2. The summed E-state index contributed by atoms with van der Waals surface area (Å²) in [6.07, 6.45) is 0. The van der Waals surface area contributed by atoms with Crippen molar-refractivity contribution in [3.05, 3.63) is 70.5 Å². The summed E-state index contributed by atoms with van der Waals surface area (Å²) in [5.41, 5.74) is 2.99. The summed E-state index contributed by atoms with van der Waals surface area (Å²) in [6, 6.07) is 18.1. The lowest BCUT2D eigenvalue weighted by atomic mass is 10.2. The van der Waals surface area contributed by atoms with Crippen molar-refractivity contribution in [1.29, 1.82) is 0 Å². The van der Waals surface area contributed by atoms with Gasteiger partial charge < -0.3 is 9.47 Å². The number of hydrogen-bond acceptors (Lipinski definition) is 6. The molecule has 0 amide bonds. The average molecular weight is 423 g/mol. The highest BCUT2D eigenvalue weighted by Gasteiger charge is 2.16. The molecule has 4 aromatic rings. The Morgan fingerprint density at radius 1 is 1.10 bits per heavy atom. The smallest absolute Gasteiger partial charge is 0.272 e. The molecule has 146 valence electrons. The molecule has 0 saturated carbocycles. The van der Waals surface area contributed by atoms with Crippen LogP contribution >= 0.6 is 23.1 Å². The van der Waals surface area contributed by atoms with Crippen LogP contribution in [0.5, 0.6) is 11.5 Å². The first-order valence-electron chi connectivity index (χ1n) is 9.34. The second-order valence-corrected chi connectivity index (χ2v) is 8.61. The Hall–Kier alpha value is -2.77. The molecule has 1 aliphatic rings. The van der Waals surface area contributed by atoms with Crippen LogP contribution in [0.15, 0.2) is 64.5 Å². The van der Waals surface area contributed by atoms with Crippen molar-refractivity contribution in [2.45, 2.75) is 24.4 Å². The summed E-state index contributed by atoms with van der Waals surface area (Å²) in [5.74, 6) is 2.24. The van der Waals surface area contributed by atoms with Crippen LogP contribution in [-0.4, -0.2) is 16.3 Å². The van der Waals surface area contributed by atoms with Gasteiger partial charge in [0.2, 0.25) is 6.79 Å². The van der Waals surface area contributed by atoms with E-state index in [1.165, 1.54) is 11.3 Å². The van der Waals surface area contributed by atoms with Gasteiger partial charge in [0.1, 0.15) is 4.70 Å². The van der Waals surface area contributed by atoms with E-state index in [2.05, 4.69) is 12.1 Å². The normalized spacial score (nSPS) is 12.6. The lowest BCUT2D eigenvalue weighted by molar-refractivity contribution is 0.174. The zero-order chi connectivity index (χ0) is 19.8. The predicted molar refractivity (Wildman–Crippen MR) is 117 cm³/mol. The number of thiophene rings is 1. The summed E-state index contributed by atoms with van der Waals surface area (Å²) in [7, 11) is 0. The molecular weight excluding hydrogens is 404 g/mol. The monoisotopic (exact) mass is 422 g/mol. The van der Waals surface area contributed by atoms with Gasteiger partial charge in [-0.25, -0.2) is 4.98 Å². The van der Waals surface area contributed by atoms with Crippen LogP contribution in [-0.2, 0) is 12.3 Å². The molecule has 0 N–H and O–H groups in total. The SMILES string of the molecule is CCn1c(SCc2ccc3c(c2)OCO3)nc2cc(-c3ccccc3)sc2c1=O. The van der Waals surface area contributed by atoms with Crippen LogP contribution in [0.2, 0.25) is 0 Å². The molecule has 0 unspecified atom stereocenters.